The van der Waals surface area contributed by atoms with Crippen molar-refractivity contribution in [1.82, 2.24) is 20.4 Å². The number of aryl methyl sites for hydroxylation is 2. The van der Waals surface area contributed by atoms with Gasteiger partial charge in [-0.2, -0.15) is 5.10 Å². The Balaban J connectivity index is 1.92. The number of benzene rings is 1. The molecule has 2 N–H and O–H groups in total. The van der Waals surface area contributed by atoms with Crippen LogP contribution in [0.4, 0.5) is 0 Å². The first-order valence-corrected chi connectivity index (χ1v) is 9.47. The molecule has 1 heterocycles. The van der Waals surface area contributed by atoms with E-state index in [1.54, 1.807) is 0 Å². The molecule has 5 heteroatoms. The summed E-state index contributed by atoms with van der Waals surface area (Å²) in [6.45, 7) is 9.49. The van der Waals surface area contributed by atoms with Crippen molar-refractivity contribution in [3.8, 4) is 0 Å². The fourth-order valence-corrected chi connectivity index (χ4v) is 3.34. The Hall–Kier alpha value is -2.30. The van der Waals surface area contributed by atoms with E-state index >= 15 is 0 Å². The van der Waals surface area contributed by atoms with E-state index in [1.165, 1.54) is 16.8 Å². The van der Waals surface area contributed by atoms with E-state index in [2.05, 4.69) is 78.8 Å². The number of nitrogens with zero attached hydrogens (tertiary/aromatic N) is 3. The molecule has 2 atom stereocenters. The van der Waals surface area contributed by atoms with E-state index in [1.807, 2.05) is 18.8 Å². The molecule has 1 aromatic carbocycles. The minimum Gasteiger partial charge on any atom is -0.356 e. The molecule has 0 aliphatic rings. The number of hydrogen-bond acceptors (Lipinski definition) is 2. The molecule has 1 aromatic heterocycles. The molecule has 2 rings (SSSR count). The summed E-state index contributed by atoms with van der Waals surface area (Å²) in [6.07, 6.45) is 2.03. The lowest BCUT2D eigenvalue weighted by Crippen LogP contribution is -2.44. The Bertz CT molecular complexity index is 718. The van der Waals surface area contributed by atoms with Gasteiger partial charge in [-0.25, -0.2) is 0 Å². The largest absolute Gasteiger partial charge is 0.356 e. The first-order valence-electron chi connectivity index (χ1n) is 9.47. The standard InChI is InChI=1S/C21H33N5/c1-7-18(19-11-9-8-10-12-19)14-23-21(22-5)24-15(2)13-20-16(3)25-26(6)17(20)4/h8-12,15,18H,7,13-14H2,1-6H3,(H2,22,23,24). The number of aliphatic imine (C=N–C) groups is 1. The zero-order valence-electron chi connectivity index (χ0n) is 17.0. The second-order valence-electron chi connectivity index (χ2n) is 6.99. The van der Waals surface area contributed by atoms with E-state index < -0.39 is 0 Å². The highest BCUT2D eigenvalue weighted by molar-refractivity contribution is 5.80. The van der Waals surface area contributed by atoms with Gasteiger partial charge in [0.1, 0.15) is 0 Å². The molecule has 26 heavy (non-hydrogen) atoms. The van der Waals surface area contributed by atoms with Crippen LogP contribution in [-0.4, -0.2) is 35.4 Å². The molecular weight excluding hydrogens is 322 g/mol. The number of aromatic nitrogens is 2. The van der Waals surface area contributed by atoms with Gasteiger partial charge in [-0.3, -0.25) is 9.67 Å². The molecule has 2 unspecified atom stereocenters. The second-order valence-corrected chi connectivity index (χ2v) is 6.99. The van der Waals surface area contributed by atoms with Crippen LogP contribution in [0.25, 0.3) is 0 Å². The van der Waals surface area contributed by atoms with Crippen LogP contribution in [0.5, 0.6) is 0 Å². The molecule has 5 nitrogen and oxygen atoms in total. The summed E-state index contributed by atoms with van der Waals surface area (Å²) >= 11 is 0. The lowest BCUT2D eigenvalue weighted by atomic mass is 9.96. The third-order valence-corrected chi connectivity index (χ3v) is 5.06. The average Bonchev–Trinajstić information content (AvgIpc) is 2.88. The monoisotopic (exact) mass is 355 g/mol. The Kier molecular flexibility index (Phi) is 7.25. The zero-order chi connectivity index (χ0) is 19.1. The molecule has 0 saturated heterocycles. The normalized spacial score (nSPS) is 14.2. The maximum atomic E-state index is 4.51. The number of guanidine groups is 1. The lowest BCUT2D eigenvalue weighted by molar-refractivity contribution is 0.602. The van der Waals surface area contributed by atoms with Crippen LogP contribution in [0.15, 0.2) is 35.3 Å². The van der Waals surface area contributed by atoms with Gasteiger partial charge in [-0.15, -0.1) is 0 Å². The zero-order valence-corrected chi connectivity index (χ0v) is 17.0. The van der Waals surface area contributed by atoms with Crippen molar-refractivity contribution in [3.63, 3.8) is 0 Å². The lowest BCUT2D eigenvalue weighted by Gasteiger charge is -2.21. The van der Waals surface area contributed by atoms with Crippen LogP contribution < -0.4 is 10.6 Å². The summed E-state index contributed by atoms with van der Waals surface area (Å²) in [6, 6.07) is 10.9. The maximum absolute atomic E-state index is 4.51. The Morgan fingerprint density at radius 3 is 2.46 bits per heavy atom. The first-order chi connectivity index (χ1) is 12.5. The average molecular weight is 356 g/mol. The van der Waals surface area contributed by atoms with Crippen LogP contribution in [0.1, 0.15) is 48.7 Å². The third kappa shape index (κ3) is 5.10. The summed E-state index contributed by atoms with van der Waals surface area (Å²) in [4.78, 5) is 4.39. The molecular formula is C21H33N5. The molecule has 0 aliphatic carbocycles. The van der Waals surface area contributed by atoms with Crippen molar-refractivity contribution in [3.05, 3.63) is 52.8 Å². The van der Waals surface area contributed by atoms with Crippen molar-refractivity contribution >= 4 is 5.96 Å². The van der Waals surface area contributed by atoms with E-state index in [-0.39, 0.29) is 6.04 Å². The quantitative estimate of drug-likeness (QED) is 0.592. The minimum absolute atomic E-state index is 0.277. The van der Waals surface area contributed by atoms with Crippen molar-refractivity contribution < 1.29 is 0 Å². The maximum Gasteiger partial charge on any atom is 0.191 e. The molecule has 0 aliphatic heterocycles. The third-order valence-electron chi connectivity index (χ3n) is 5.06. The van der Waals surface area contributed by atoms with Gasteiger partial charge in [-0.05, 0) is 44.7 Å². The van der Waals surface area contributed by atoms with Gasteiger partial charge < -0.3 is 10.6 Å². The molecule has 0 radical (unpaired) electrons. The topological polar surface area (TPSA) is 54.2 Å². The van der Waals surface area contributed by atoms with Crippen molar-refractivity contribution in [2.45, 2.75) is 52.5 Å². The molecule has 2 aromatic rings. The van der Waals surface area contributed by atoms with Crippen LogP contribution in [-0.2, 0) is 13.5 Å². The van der Waals surface area contributed by atoms with Gasteiger partial charge in [0, 0.05) is 38.3 Å². The van der Waals surface area contributed by atoms with E-state index in [0.29, 0.717) is 5.92 Å². The van der Waals surface area contributed by atoms with Crippen LogP contribution in [0, 0.1) is 13.8 Å². The van der Waals surface area contributed by atoms with Crippen molar-refractivity contribution in [2.75, 3.05) is 13.6 Å². The molecule has 0 bridgehead atoms. The highest BCUT2D eigenvalue weighted by Gasteiger charge is 2.15. The van der Waals surface area contributed by atoms with E-state index in [9.17, 15) is 0 Å². The van der Waals surface area contributed by atoms with Crippen LogP contribution in [0.3, 0.4) is 0 Å². The highest BCUT2D eigenvalue weighted by atomic mass is 15.3. The first kappa shape index (κ1) is 20.0. The summed E-state index contributed by atoms with van der Waals surface area (Å²) in [5.74, 6) is 1.33. The summed E-state index contributed by atoms with van der Waals surface area (Å²) in [5.41, 5.74) is 5.03. The Morgan fingerprint density at radius 1 is 1.23 bits per heavy atom. The van der Waals surface area contributed by atoms with Gasteiger partial charge in [-0.1, -0.05) is 37.3 Å². The van der Waals surface area contributed by atoms with E-state index in [0.717, 1.165) is 31.0 Å². The minimum atomic E-state index is 0.277. The van der Waals surface area contributed by atoms with Gasteiger partial charge in [0.05, 0.1) is 5.69 Å². The number of rotatable bonds is 7. The van der Waals surface area contributed by atoms with Gasteiger partial charge in [0.15, 0.2) is 5.96 Å². The van der Waals surface area contributed by atoms with E-state index in [4.69, 9.17) is 0 Å². The molecule has 0 fully saturated rings. The van der Waals surface area contributed by atoms with Gasteiger partial charge in [0.2, 0.25) is 0 Å². The van der Waals surface area contributed by atoms with Crippen LogP contribution in [0.2, 0.25) is 0 Å². The van der Waals surface area contributed by atoms with Gasteiger partial charge in [0.25, 0.3) is 0 Å². The summed E-state index contributed by atoms with van der Waals surface area (Å²) in [5, 5.41) is 11.5. The molecule has 0 amide bonds. The fourth-order valence-electron chi connectivity index (χ4n) is 3.34. The predicted octanol–water partition coefficient (Wildman–Crippen LogP) is 3.33. The van der Waals surface area contributed by atoms with Gasteiger partial charge >= 0.3 is 0 Å². The Labute approximate surface area is 157 Å². The SMILES string of the molecule is CCC(CNC(=NC)NC(C)Cc1c(C)nn(C)c1C)c1ccccc1. The molecule has 0 saturated carbocycles. The summed E-state index contributed by atoms with van der Waals surface area (Å²) in [7, 11) is 3.82. The predicted molar refractivity (Wildman–Crippen MR) is 110 cm³/mol. The van der Waals surface area contributed by atoms with Crippen molar-refractivity contribution in [2.24, 2.45) is 12.0 Å². The van der Waals surface area contributed by atoms with Crippen molar-refractivity contribution in [1.29, 1.82) is 0 Å². The smallest absolute Gasteiger partial charge is 0.191 e. The fraction of sp³-hybridized carbons (Fsp3) is 0.524. The second kappa shape index (κ2) is 9.41. The highest BCUT2D eigenvalue weighted by Crippen LogP contribution is 2.18. The summed E-state index contributed by atoms with van der Waals surface area (Å²) < 4.78 is 1.95. The Morgan fingerprint density at radius 2 is 1.92 bits per heavy atom. The molecule has 0 spiro atoms. The van der Waals surface area contributed by atoms with Crippen LogP contribution >= 0.6 is 0 Å². The molecule has 142 valence electrons. The number of hydrogen-bond donors (Lipinski definition) is 2. The number of nitrogens with one attached hydrogen (secondary N) is 2.